The third-order valence-corrected chi connectivity index (χ3v) is 7.88. The Kier molecular flexibility index (Phi) is 8.93. The minimum Gasteiger partial charge on any atom is -0.465 e. The third kappa shape index (κ3) is 6.12. The minimum atomic E-state index is -1.14. The number of allylic oxidation sites excluding steroid dienone is 1. The summed E-state index contributed by atoms with van der Waals surface area (Å²) in [7, 11) is 0. The molecule has 2 aliphatic carbocycles. The van der Waals surface area contributed by atoms with Gasteiger partial charge in [-0.2, -0.15) is 0 Å². The van der Waals surface area contributed by atoms with Crippen LogP contribution < -0.4 is 0 Å². The highest BCUT2D eigenvalue weighted by atomic mass is 16.6. The van der Waals surface area contributed by atoms with Gasteiger partial charge in [0.1, 0.15) is 12.7 Å². The molecule has 0 spiro atoms. The first-order chi connectivity index (χ1) is 16.1. The molecule has 6 atom stereocenters. The molecule has 0 radical (unpaired) electrons. The molecular weight excluding hydrogens is 456 g/mol. The normalized spacial score (nSPS) is 32.4. The van der Waals surface area contributed by atoms with Gasteiger partial charge in [0.15, 0.2) is 11.9 Å². The fourth-order valence-electron chi connectivity index (χ4n) is 6.17. The number of fused-ring (bicyclic) bond motifs is 1. The second kappa shape index (κ2) is 10.8. The Morgan fingerprint density at radius 2 is 1.66 bits per heavy atom. The molecule has 9 nitrogen and oxygen atoms in total. The summed E-state index contributed by atoms with van der Waals surface area (Å²) < 4.78 is 16.7. The molecule has 0 aliphatic heterocycles. The smallest absolute Gasteiger partial charge is 0.303 e. The van der Waals surface area contributed by atoms with Crippen molar-refractivity contribution < 1.29 is 43.6 Å². The first-order valence-corrected chi connectivity index (χ1v) is 12.1. The number of carbonyl (C=O) groups is 4. The standard InChI is InChI=1S/C26H40O9/c1-15-19(8-10-24(5,32)12-13-27)25(6)11-9-20(34-17(3)29)26(7,14-33-16(2)28)23(25)22(21(15)31)35-18(4)30/h20,22-23,27,32H,8-14H2,1-7H3/t20-,22-,23-,24?,25-,26+/m1/s1. The van der Waals surface area contributed by atoms with Gasteiger partial charge >= 0.3 is 17.9 Å². The summed E-state index contributed by atoms with van der Waals surface area (Å²) in [4.78, 5) is 49.4. The van der Waals surface area contributed by atoms with Gasteiger partial charge in [-0.3, -0.25) is 19.2 Å². The van der Waals surface area contributed by atoms with Crippen molar-refractivity contribution in [2.45, 2.75) is 98.4 Å². The van der Waals surface area contributed by atoms with Gasteiger partial charge in [-0.1, -0.05) is 19.4 Å². The maximum atomic E-state index is 13.6. The van der Waals surface area contributed by atoms with Gasteiger partial charge in [-0.05, 0) is 56.9 Å². The number of hydrogen-bond donors (Lipinski definition) is 2. The van der Waals surface area contributed by atoms with E-state index in [1.807, 2.05) is 6.92 Å². The van der Waals surface area contributed by atoms with Crippen LogP contribution >= 0.6 is 0 Å². The Balaban J connectivity index is 2.66. The molecule has 35 heavy (non-hydrogen) atoms. The molecule has 0 bridgehead atoms. The lowest BCUT2D eigenvalue weighted by atomic mass is 9.47. The summed E-state index contributed by atoms with van der Waals surface area (Å²) >= 11 is 0. The summed E-state index contributed by atoms with van der Waals surface area (Å²) in [5.74, 6) is -2.62. The highest BCUT2D eigenvalue weighted by Gasteiger charge is 2.64. The third-order valence-electron chi connectivity index (χ3n) is 7.88. The fourth-order valence-corrected chi connectivity index (χ4v) is 6.17. The SMILES string of the molecule is CC(=O)OC[C@@]1(C)[C@H](OC(C)=O)CC[C@]2(C)C(CCC(C)(O)CCO)=C(C)C(=O)[C@@H](OC(C)=O)[C@@H]12. The van der Waals surface area contributed by atoms with Crippen molar-refractivity contribution in [3.63, 3.8) is 0 Å². The molecule has 2 rings (SSSR count). The highest BCUT2D eigenvalue weighted by molar-refractivity contribution is 6.01. The van der Waals surface area contributed by atoms with Crippen molar-refractivity contribution in [3.05, 3.63) is 11.1 Å². The Bertz CT molecular complexity index is 889. The van der Waals surface area contributed by atoms with Gasteiger partial charge in [0.2, 0.25) is 0 Å². The van der Waals surface area contributed by atoms with Crippen LogP contribution in [0.1, 0.15) is 80.6 Å². The molecule has 9 heteroatoms. The van der Waals surface area contributed by atoms with E-state index in [1.54, 1.807) is 20.8 Å². The van der Waals surface area contributed by atoms with Gasteiger partial charge < -0.3 is 24.4 Å². The average Bonchev–Trinajstić information content (AvgIpc) is 2.72. The van der Waals surface area contributed by atoms with Crippen molar-refractivity contribution in [2.75, 3.05) is 13.2 Å². The zero-order valence-electron chi connectivity index (χ0n) is 21.9. The number of ether oxygens (including phenoxy) is 3. The maximum absolute atomic E-state index is 13.6. The minimum absolute atomic E-state index is 0.125. The molecule has 0 aromatic rings. The van der Waals surface area contributed by atoms with Gasteiger partial charge in [0.05, 0.1) is 5.60 Å². The van der Waals surface area contributed by atoms with Crippen LogP contribution in [0.5, 0.6) is 0 Å². The lowest BCUT2D eigenvalue weighted by Gasteiger charge is -2.59. The topological polar surface area (TPSA) is 136 Å². The van der Waals surface area contributed by atoms with Gasteiger partial charge in [0, 0.05) is 38.7 Å². The van der Waals surface area contributed by atoms with E-state index in [4.69, 9.17) is 14.2 Å². The number of Topliss-reactive ketones (excluding diaryl/α,β-unsaturated/α-hetero) is 1. The summed E-state index contributed by atoms with van der Waals surface area (Å²) in [5, 5.41) is 20.0. The largest absolute Gasteiger partial charge is 0.465 e. The van der Waals surface area contributed by atoms with Crippen LogP contribution in [0.25, 0.3) is 0 Å². The number of aliphatic hydroxyl groups is 2. The summed E-state index contributed by atoms with van der Waals surface area (Å²) in [6.07, 6.45) is 0.0927. The number of rotatable bonds is 9. The van der Waals surface area contributed by atoms with Crippen molar-refractivity contribution in [1.29, 1.82) is 0 Å². The van der Waals surface area contributed by atoms with E-state index in [0.29, 0.717) is 31.3 Å². The molecular formula is C26H40O9. The van der Waals surface area contributed by atoms with E-state index in [2.05, 4.69) is 0 Å². The summed E-state index contributed by atoms with van der Waals surface area (Å²) in [6, 6.07) is 0. The van der Waals surface area contributed by atoms with Crippen molar-refractivity contribution >= 4 is 23.7 Å². The van der Waals surface area contributed by atoms with E-state index in [0.717, 1.165) is 5.57 Å². The van der Waals surface area contributed by atoms with Crippen LogP contribution in [0, 0.1) is 16.7 Å². The molecule has 1 saturated carbocycles. The highest BCUT2D eigenvalue weighted by Crippen LogP contribution is 2.61. The Morgan fingerprint density at radius 1 is 1.06 bits per heavy atom. The van der Waals surface area contributed by atoms with E-state index in [-0.39, 0.29) is 25.4 Å². The van der Waals surface area contributed by atoms with E-state index >= 15 is 0 Å². The van der Waals surface area contributed by atoms with Gasteiger partial charge in [-0.25, -0.2) is 0 Å². The molecule has 2 N–H and O–H groups in total. The van der Waals surface area contributed by atoms with Crippen LogP contribution in [0.15, 0.2) is 11.1 Å². The predicted molar refractivity (Wildman–Crippen MR) is 126 cm³/mol. The second-order valence-corrected chi connectivity index (χ2v) is 10.8. The molecule has 1 fully saturated rings. The molecule has 198 valence electrons. The van der Waals surface area contributed by atoms with Crippen LogP contribution in [-0.4, -0.2) is 64.9 Å². The zero-order chi connectivity index (χ0) is 26.8. The van der Waals surface area contributed by atoms with Crippen LogP contribution in [0.2, 0.25) is 0 Å². The average molecular weight is 497 g/mol. The fraction of sp³-hybridized carbons (Fsp3) is 0.769. The molecule has 1 unspecified atom stereocenters. The predicted octanol–water partition coefficient (Wildman–Crippen LogP) is 2.65. The Hall–Kier alpha value is -2.26. The van der Waals surface area contributed by atoms with Crippen LogP contribution in [-0.2, 0) is 33.4 Å². The Morgan fingerprint density at radius 3 is 2.17 bits per heavy atom. The van der Waals surface area contributed by atoms with E-state index in [9.17, 15) is 29.4 Å². The van der Waals surface area contributed by atoms with Crippen LogP contribution in [0.3, 0.4) is 0 Å². The lowest BCUT2D eigenvalue weighted by molar-refractivity contribution is -0.202. The zero-order valence-corrected chi connectivity index (χ0v) is 21.9. The van der Waals surface area contributed by atoms with Crippen LogP contribution in [0.4, 0.5) is 0 Å². The molecule has 0 aromatic heterocycles. The van der Waals surface area contributed by atoms with E-state index < -0.39 is 52.5 Å². The quantitative estimate of drug-likeness (QED) is 0.364. The number of ketones is 1. The first kappa shape index (κ1) is 29.0. The molecule has 0 heterocycles. The summed E-state index contributed by atoms with van der Waals surface area (Å²) in [5.41, 5.74) is -1.50. The lowest BCUT2D eigenvalue weighted by Crippen LogP contribution is -2.63. The van der Waals surface area contributed by atoms with Crippen molar-refractivity contribution in [2.24, 2.45) is 16.7 Å². The van der Waals surface area contributed by atoms with Gasteiger partial charge in [0.25, 0.3) is 0 Å². The number of carbonyl (C=O) groups excluding carboxylic acids is 4. The number of aliphatic hydroxyl groups excluding tert-OH is 1. The Labute approximate surface area is 207 Å². The second-order valence-electron chi connectivity index (χ2n) is 10.8. The van der Waals surface area contributed by atoms with E-state index in [1.165, 1.54) is 20.8 Å². The van der Waals surface area contributed by atoms with Gasteiger partial charge in [-0.15, -0.1) is 0 Å². The maximum Gasteiger partial charge on any atom is 0.303 e. The molecule has 0 amide bonds. The molecule has 0 saturated heterocycles. The molecule has 0 aromatic carbocycles. The van der Waals surface area contributed by atoms with Crippen molar-refractivity contribution in [1.82, 2.24) is 0 Å². The van der Waals surface area contributed by atoms with Crippen molar-refractivity contribution in [3.8, 4) is 0 Å². The number of esters is 3. The monoisotopic (exact) mass is 496 g/mol. The first-order valence-electron chi connectivity index (χ1n) is 12.1. The molecule has 2 aliphatic rings. The number of hydrogen-bond acceptors (Lipinski definition) is 9. The summed E-state index contributed by atoms with van der Waals surface area (Å²) in [6.45, 7) is 10.7.